The molecule has 17 heteroatoms. The van der Waals surface area contributed by atoms with Crippen LogP contribution in [-0.4, -0.2) is 142 Å². The lowest BCUT2D eigenvalue weighted by atomic mass is 9.92. The fraction of sp³-hybridized carbons (Fsp3) is 0.646. The number of carbonyl (C=O) groups is 4. The summed E-state index contributed by atoms with van der Waals surface area (Å²) in [4.78, 5) is 54.9. The molecule has 6 N–H and O–H groups in total. The van der Waals surface area contributed by atoms with Gasteiger partial charge in [-0.15, -0.1) is 11.8 Å². The molecule has 14 nitrogen and oxygen atoms in total. The number of carbonyl (C=O) groups excluding carboxylic acids is 1. The molecule has 5 rings (SSSR count). The van der Waals surface area contributed by atoms with Crippen molar-refractivity contribution in [1.29, 1.82) is 0 Å². The van der Waals surface area contributed by atoms with Crippen LogP contribution in [-0.2, 0) is 19.2 Å². The number of hydrogen-bond acceptors (Lipinski definition) is 11. The molecule has 0 bridgehead atoms. The number of piperidine rings is 2. The molecule has 2 aromatic rings. The van der Waals surface area contributed by atoms with E-state index >= 15 is 0 Å². The number of benzene rings is 2. The molecule has 0 aliphatic carbocycles. The molecule has 0 radical (unpaired) electrons. The van der Waals surface area contributed by atoms with E-state index < -0.39 is 41.1 Å². The summed E-state index contributed by atoms with van der Waals surface area (Å²) in [5.41, 5.74) is 2.85. The summed E-state index contributed by atoms with van der Waals surface area (Å²) < 4.78 is 29.1. The number of aliphatic hydroxyl groups is 1. The summed E-state index contributed by atoms with van der Waals surface area (Å²) in [6, 6.07) is 10.1. The van der Waals surface area contributed by atoms with Crippen molar-refractivity contribution < 1.29 is 48.4 Å². The second-order valence-corrected chi connectivity index (χ2v) is 20.6. The molecular weight excluding hydrogens is 859 g/mol. The fourth-order valence-electron chi connectivity index (χ4n) is 7.43. The van der Waals surface area contributed by atoms with Crippen LogP contribution in [0.25, 0.3) is 0 Å². The molecule has 0 aromatic heterocycles. The summed E-state index contributed by atoms with van der Waals surface area (Å²) in [5, 5.41) is 38.9. The molecule has 3 heterocycles. The SMILES string of the molecule is CC(C)(C)CCN1C(=O)[C@H](CC(=O)O)SC1c1cccc(F)c1NCCN1CCCCC1.CC(C)(C)CCN=Cc1cccc(F)c1NCCN1CCCCC1.O=C(O)C[C@H](O)C(=O)O. The van der Waals surface area contributed by atoms with Crippen molar-refractivity contribution in [2.75, 3.05) is 76.1 Å². The van der Waals surface area contributed by atoms with Gasteiger partial charge in [0.05, 0.1) is 29.5 Å². The Labute approximate surface area is 388 Å². The van der Waals surface area contributed by atoms with E-state index in [2.05, 4.69) is 67.0 Å². The van der Waals surface area contributed by atoms with Gasteiger partial charge in [0.15, 0.2) is 6.10 Å². The number of hydrogen-bond donors (Lipinski definition) is 6. The average Bonchev–Trinajstić information content (AvgIpc) is 3.53. The van der Waals surface area contributed by atoms with Gasteiger partial charge in [0, 0.05) is 56.6 Å². The molecule has 2 aromatic carbocycles. The van der Waals surface area contributed by atoms with Crippen molar-refractivity contribution >= 4 is 53.2 Å². The molecule has 3 aliphatic heterocycles. The maximum atomic E-state index is 14.9. The van der Waals surface area contributed by atoms with Gasteiger partial charge in [-0.1, -0.05) is 78.6 Å². The molecule has 1 amide bonds. The van der Waals surface area contributed by atoms with Gasteiger partial charge in [-0.2, -0.15) is 0 Å². The third-order valence-electron chi connectivity index (χ3n) is 11.2. The van der Waals surface area contributed by atoms with E-state index in [9.17, 15) is 33.1 Å². The van der Waals surface area contributed by atoms with Gasteiger partial charge < -0.3 is 45.8 Å². The number of anilines is 2. The van der Waals surface area contributed by atoms with E-state index in [4.69, 9.17) is 15.3 Å². The largest absolute Gasteiger partial charge is 0.481 e. The van der Waals surface area contributed by atoms with Crippen LogP contribution in [0.15, 0.2) is 41.4 Å². The van der Waals surface area contributed by atoms with Crippen LogP contribution >= 0.6 is 11.8 Å². The first-order valence-corrected chi connectivity index (χ1v) is 23.9. The summed E-state index contributed by atoms with van der Waals surface area (Å²) in [5.74, 6) is -4.55. The molecule has 0 saturated carbocycles. The zero-order chi connectivity index (χ0) is 48.2. The number of likely N-dealkylation sites (tertiary alicyclic amines) is 2. The van der Waals surface area contributed by atoms with Gasteiger partial charge in [-0.3, -0.25) is 19.4 Å². The summed E-state index contributed by atoms with van der Waals surface area (Å²) in [6.45, 7) is 21.9. The molecule has 3 fully saturated rings. The predicted octanol–water partition coefficient (Wildman–Crippen LogP) is 8.06. The number of nitrogens with zero attached hydrogens (tertiary/aromatic N) is 4. The Kier molecular flexibility index (Phi) is 23.1. The van der Waals surface area contributed by atoms with Gasteiger partial charge in [0.25, 0.3) is 0 Å². The number of carboxylic acid groups (broad SMARTS) is 3. The van der Waals surface area contributed by atoms with Crippen LogP contribution in [0.2, 0.25) is 0 Å². The Hall–Kier alpha value is -4.32. The third-order valence-corrected chi connectivity index (χ3v) is 12.6. The zero-order valence-corrected chi connectivity index (χ0v) is 40.1. The number of amides is 1. The molecular formula is C48H74F2N6O8S. The second-order valence-electron chi connectivity index (χ2n) is 19.3. The molecule has 1 unspecified atom stereocenters. The van der Waals surface area contributed by atoms with E-state index in [-0.39, 0.29) is 34.8 Å². The van der Waals surface area contributed by atoms with E-state index in [0.717, 1.165) is 57.7 Å². The zero-order valence-electron chi connectivity index (χ0n) is 39.3. The quantitative estimate of drug-likeness (QED) is 0.0742. The lowest BCUT2D eigenvalue weighted by Crippen LogP contribution is -2.35. The number of aliphatic hydroxyl groups excluding tert-OH is 1. The molecule has 65 heavy (non-hydrogen) atoms. The topological polar surface area (TPSA) is 195 Å². The summed E-state index contributed by atoms with van der Waals surface area (Å²) in [6.07, 6.45) is 8.44. The smallest absolute Gasteiger partial charge is 0.333 e. The van der Waals surface area contributed by atoms with E-state index in [1.54, 1.807) is 23.2 Å². The first-order chi connectivity index (χ1) is 30.6. The van der Waals surface area contributed by atoms with Crippen molar-refractivity contribution in [1.82, 2.24) is 14.7 Å². The molecule has 3 saturated heterocycles. The Morgan fingerprint density at radius 3 is 1.78 bits per heavy atom. The van der Waals surface area contributed by atoms with Crippen molar-refractivity contribution in [3.63, 3.8) is 0 Å². The Bertz CT molecular complexity index is 1850. The summed E-state index contributed by atoms with van der Waals surface area (Å²) >= 11 is 1.32. The Morgan fingerprint density at radius 1 is 0.769 bits per heavy atom. The van der Waals surface area contributed by atoms with Crippen LogP contribution < -0.4 is 10.6 Å². The fourth-order valence-corrected chi connectivity index (χ4v) is 8.93. The number of nitrogens with one attached hydrogen (secondary N) is 2. The van der Waals surface area contributed by atoms with Crippen LogP contribution in [0.5, 0.6) is 0 Å². The normalized spacial score (nSPS) is 18.9. The third kappa shape index (κ3) is 20.8. The lowest BCUT2D eigenvalue weighted by molar-refractivity contribution is -0.152. The Balaban J connectivity index is 0.000000299. The van der Waals surface area contributed by atoms with Gasteiger partial charge in [0.2, 0.25) is 5.91 Å². The number of rotatable bonds is 19. The van der Waals surface area contributed by atoms with E-state index in [0.29, 0.717) is 30.0 Å². The standard InChI is InChI=1S/C24H36FN3O3S.C20H32FN3.C4H6O5/c1-24(2,3)10-14-28-22(31)19(16-20(29)30)32-23(28)17-8-7-9-18(25)21(17)26-11-15-27-12-5-4-6-13-27;1-20(2,3)10-11-22-16-17-8-7-9-18(21)19(17)23-12-15-24-13-5-4-6-14-24;5-2(4(8)9)1-3(6)7/h7-9,19,23,26H,4-6,10-16H2,1-3H3,(H,29,30);7-9,16,23H,4-6,10-15H2,1-3H3;2,5H,1H2,(H,6,7)(H,8,9)/t19-,23?;;2-/m0.0/s1. The van der Waals surface area contributed by atoms with Crippen molar-refractivity contribution in [3.8, 4) is 0 Å². The first-order valence-electron chi connectivity index (χ1n) is 22.9. The highest BCUT2D eigenvalue weighted by atomic mass is 32.2. The van der Waals surface area contributed by atoms with Crippen molar-refractivity contribution in [2.24, 2.45) is 15.8 Å². The van der Waals surface area contributed by atoms with Gasteiger partial charge in [-0.25, -0.2) is 13.6 Å². The number of para-hydroxylation sites is 2. The number of halogens is 2. The van der Waals surface area contributed by atoms with Crippen LogP contribution in [0.1, 0.15) is 122 Å². The maximum Gasteiger partial charge on any atom is 0.333 e. The highest BCUT2D eigenvalue weighted by molar-refractivity contribution is 8.01. The monoisotopic (exact) mass is 933 g/mol. The van der Waals surface area contributed by atoms with Gasteiger partial charge in [-0.05, 0) is 87.7 Å². The number of carboxylic acids is 3. The number of aliphatic carboxylic acids is 3. The highest BCUT2D eigenvalue weighted by Crippen LogP contribution is 2.47. The van der Waals surface area contributed by atoms with E-state index in [1.165, 1.54) is 75.5 Å². The predicted molar refractivity (Wildman–Crippen MR) is 255 cm³/mol. The van der Waals surface area contributed by atoms with E-state index in [1.807, 2.05) is 12.1 Å². The van der Waals surface area contributed by atoms with Crippen molar-refractivity contribution in [2.45, 2.75) is 122 Å². The van der Waals surface area contributed by atoms with Gasteiger partial charge in [0.1, 0.15) is 17.0 Å². The molecule has 3 aliphatic rings. The van der Waals surface area contributed by atoms with Crippen LogP contribution in [0.3, 0.4) is 0 Å². The minimum absolute atomic E-state index is 0.0256. The molecule has 364 valence electrons. The lowest BCUT2D eigenvalue weighted by Gasteiger charge is -2.30. The second kappa shape index (κ2) is 27.4. The molecule has 0 spiro atoms. The van der Waals surface area contributed by atoms with Crippen molar-refractivity contribution in [3.05, 3.63) is 59.2 Å². The maximum absolute atomic E-state index is 14.9. The summed E-state index contributed by atoms with van der Waals surface area (Å²) in [7, 11) is 0. The number of aliphatic imine (C=N–C) groups is 1. The first kappa shape index (κ1) is 55.0. The highest BCUT2D eigenvalue weighted by Gasteiger charge is 2.43. The van der Waals surface area contributed by atoms with Crippen LogP contribution in [0, 0.1) is 22.5 Å². The number of thioether (sulfide) groups is 1. The minimum atomic E-state index is -1.79. The van der Waals surface area contributed by atoms with Gasteiger partial charge >= 0.3 is 17.9 Å². The minimum Gasteiger partial charge on any atom is -0.481 e. The average molecular weight is 933 g/mol. The Morgan fingerprint density at radius 2 is 1.29 bits per heavy atom. The molecule has 3 atom stereocenters. The van der Waals surface area contributed by atoms with Crippen LogP contribution in [0.4, 0.5) is 20.2 Å².